The summed E-state index contributed by atoms with van der Waals surface area (Å²) in [6.07, 6.45) is 0. The van der Waals surface area contributed by atoms with Gasteiger partial charge >= 0.3 is 0 Å². The van der Waals surface area contributed by atoms with Crippen LogP contribution in [0.1, 0.15) is 0 Å². The standard InChI is InChI=1S/C6H5N3.C6H6O.H2O/c1-2-4-6-5(3-1)7-9-8-6;7-6-4-2-1-3-5-6;/h1-4H,(H,7,8,9);1-5,7H;1H2. The topological polar surface area (TPSA) is 93.3 Å². The zero-order chi connectivity index (χ0) is 11.2. The van der Waals surface area contributed by atoms with Gasteiger partial charge in [0.15, 0.2) is 0 Å². The summed E-state index contributed by atoms with van der Waals surface area (Å²) in [6, 6.07) is 16.4. The maximum absolute atomic E-state index is 8.63. The Balaban J connectivity index is 0.000000166. The first kappa shape index (κ1) is 12.7. The SMILES string of the molecule is O.Oc1ccccc1.c1ccc2[nH]nnc2c1. The molecule has 88 valence electrons. The van der Waals surface area contributed by atoms with Crippen LogP contribution in [0.5, 0.6) is 5.75 Å². The highest BCUT2D eigenvalue weighted by atomic mass is 16.3. The van der Waals surface area contributed by atoms with Crippen molar-refractivity contribution >= 4 is 11.0 Å². The molecule has 4 N–H and O–H groups in total. The minimum atomic E-state index is 0. The number of hydrogen-bond acceptors (Lipinski definition) is 3. The van der Waals surface area contributed by atoms with Crippen molar-refractivity contribution in [3.8, 4) is 5.75 Å². The van der Waals surface area contributed by atoms with Crippen molar-refractivity contribution in [3.05, 3.63) is 54.6 Å². The van der Waals surface area contributed by atoms with Crippen LogP contribution in [0, 0.1) is 0 Å². The molecule has 5 nitrogen and oxygen atoms in total. The van der Waals surface area contributed by atoms with Crippen molar-refractivity contribution in [2.75, 3.05) is 0 Å². The number of phenols is 1. The molecule has 17 heavy (non-hydrogen) atoms. The van der Waals surface area contributed by atoms with Gasteiger partial charge in [-0.05, 0) is 24.3 Å². The molecule has 0 fully saturated rings. The fraction of sp³-hybridized carbons (Fsp3) is 0. The van der Waals surface area contributed by atoms with Gasteiger partial charge in [-0.3, -0.25) is 5.10 Å². The highest BCUT2D eigenvalue weighted by Gasteiger charge is 1.90. The molecule has 5 heteroatoms. The van der Waals surface area contributed by atoms with Gasteiger partial charge in [-0.1, -0.05) is 35.5 Å². The molecule has 0 bridgehead atoms. The lowest BCUT2D eigenvalue weighted by Gasteiger charge is -1.82. The maximum atomic E-state index is 8.63. The predicted molar refractivity (Wildman–Crippen MR) is 65.6 cm³/mol. The van der Waals surface area contributed by atoms with E-state index in [2.05, 4.69) is 15.4 Å². The van der Waals surface area contributed by atoms with E-state index in [0.29, 0.717) is 5.75 Å². The fourth-order valence-electron chi connectivity index (χ4n) is 1.22. The van der Waals surface area contributed by atoms with Crippen LogP contribution >= 0.6 is 0 Å². The average Bonchev–Trinajstić information content (AvgIpc) is 2.79. The van der Waals surface area contributed by atoms with Crippen LogP contribution in [-0.4, -0.2) is 26.0 Å². The number of nitrogens with one attached hydrogen (secondary N) is 1. The highest BCUT2D eigenvalue weighted by molar-refractivity contribution is 5.72. The molecule has 1 heterocycles. The molecule has 0 amide bonds. The second-order valence-corrected chi connectivity index (χ2v) is 3.16. The smallest absolute Gasteiger partial charge is 0.115 e. The summed E-state index contributed by atoms with van der Waals surface area (Å²) >= 11 is 0. The van der Waals surface area contributed by atoms with E-state index in [1.165, 1.54) is 0 Å². The number of fused-ring (bicyclic) bond motifs is 1. The van der Waals surface area contributed by atoms with E-state index >= 15 is 0 Å². The average molecular weight is 231 g/mol. The molecule has 0 saturated carbocycles. The number of hydrogen-bond donors (Lipinski definition) is 2. The van der Waals surface area contributed by atoms with Crippen molar-refractivity contribution in [2.45, 2.75) is 0 Å². The van der Waals surface area contributed by atoms with E-state index in [4.69, 9.17) is 5.11 Å². The van der Waals surface area contributed by atoms with Gasteiger partial charge in [-0.15, -0.1) is 5.10 Å². The van der Waals surface area contributed by atoms with Gasteiger partial charge in [0.05, 0.1) is 5.52 Å². The van der Waals surface area contributed by atoms with E-state index in [-0.39, 0.29) is 5.48 Å². The summed E-state index contributed by atoms with van der Waals surface area (Å²) in [6.45, 7) is 0. The number of phenolic OH excluding ortho intramolecular Hbond substituents is 1. The minimum Gasteiger partial charge on any atom is -0.508 e. The van der Waals surface area contributed by atoms with Gasteiger partial charge in [-0.25, -0.2) is 0 Å². The predicted octanol–water partition coefficient (Wildman–Crippen LogP) is 1.53. The molecule has 1 aromatic heterocycles. The van der Waals surface area contributed by atoms with Crippen LogP contribution in [0.15, 0.2) is 54.6 Å². The molecule has 2 aromatic carbocycles. The molecular weight excluding hydrogens is 218 g/mol. The first-order valence-electron chi connectivity index (χ1n) is 4.86. The Kier molecular flexibility index (Phi) is 4.65. The second-order valence-electron chi connectivity index (χ2n) is 3.16. The summed E-state index contributed by atoms with van der Waals surface area (Å²) in [5.74, 6) is 0.322. The normalized spacial score (nSPS) is 8.94. The lowest BCUT2D eigenvalue weighted by atomic mass is 10.3. The molecule has 0 spiro atoms. The lowest BCUT2D eigenvalue weighted by Crippen LogP contribution is -1.63. The summed E-state index contributed by atoms with van der Waals surface area (Å²) in [5.41, 5.74) is 1.90. The number of nitrogens with zero attached hydrogens (tertiary/aromatic N) is 2. The zero-order valence-corrected chi connectivity index (χ0v) is 9.04. The summed E-state index contributed by atoms with van der Waals surface area (Å²) in [4.78, 5) is 0. The molecule has 0 atom stereocenters. The summed E-state index contributed by atoms with van der Waals surface area (Å²) in [5, 5.41) is 18.8. The van der Waals surface area contributed by atoms with E-state index in [0.717, 1.165) is 11.0 Å². The molecule has 0 radical (unpaired) electrons. The third-order valence-corrected chi connectivity index (χ3v) is 1.99. The number of aromatic nitrogens is 3. The lowest BCUT2D eigenvalue weighted by molar-refractivity contribution is 0.475. The Morgan fingerprint density at radius 3 is 2.12 bits per heavy atom. The first-order chi connectivity index (χ1) is 7.86. The molecule has 0 saturated heterocycles. The molecular formula is C12H13N3O2. The quantitative estimate of drug-likeness (QED) is 0.614. The van der Waals surface area contributed by atoms with Crippen molar-refractivity contribution in [3.63, 3.8) is 0 Å². The van der Waals surface area contributed by atoms with Crippen LogP contribution < -0.4 is 0 Å². The van der Waals surface area contributed by atoms with Crippen LogP contribution in [0.2, 0.25) is 0 Å². The van der Waals surface area contributed by atoms with E-state index < -0.39 is 0 Å². The van der Waals surface area contributed by atoms with Gasteiger partial charge in [0.1, 0.15) is 11.3 Å². The Labute approximate surface area is 98.0 Å². The van der Waals surface area contributed by atoms with Crippen molar-refractivity contribution in [2.24, 2.45) is 0 Å². The fourth-order valence-corrected chi connectivity index (χ4v) is 1.22. The minimum absolute atomic E-state index is 0. The third kappa shape index (κ3) is 3.58. The van der Waals surface area contributed by atoms with Crippen molar-refractivity contribution in [1.29, 1.82) is 0 Å². The highest BCUT2D eigenvalue weighted by Crippen LogP contribution is 2.03. The summed E-state index contributed by atoms with van der Waals surface area (Å²) < 4.78 is 0. The Hall–Kier alpha value is -2.40. The number of aromatic hydroxyl groups is 1. The Morgan fingerprint density at radius 2 is 1.53 bits per heavy atom. The number of rotatable bonds is 0. The Bertz CT molecular complexity index is 521. The largest absolute Gasteiger partial charge is 0.508 e. The van der Waals surface area contributed by atoms with Gasteiger partial charge in [0, 0.05) is 0 Å². The van der Waals surface area contributed by atoms with Gasteiger partial charge in [-0.2, -0.15) is 0 Å². The number of aromatic amines is 1. The number of benzene rings is 2. The van der Waals surface area contributed by atoms with Gasteiger partial charge < -0.3 is 10.6 Å². The molecule has 0 aliphatic heterocycles. The monoisotopic (exact) mass is 231 g/mol. The van der Waals surface area contributed by atoms with Crippen LogP contribution in [0.4, 0.5) is 0 Å². The third-order valence-electron chi connectivity index (χ3n) is 1.99. The molecule has 0 aliphatic carbocycles. The van der Waals surface area contributed by atoms with Crippen molar-refractivity contribution in [1.82, 2.24) is 15.4 Å². The molecule has 0 aliphatic rings. The molecule has 3 rings (SSSR count). The van der Waals surface area contributed by atoms with E-state index in [1.54, 1.807) is 24.3 Å². The summed E-state index contributed by atoms with van der Waals surface area (Å²) in [7, 11) is 0. The van der Waals surface area contributed by atoms with E-state index in [1.807, 2.05) is 30.3 Å². The van der Waals surface area contributed by atoms with Crippen LogP contribution in [0.25, 0.3) is 11.0 Å². The molecule has 3 aromatic rings. The van der Waals surface area contributed by atoms with Crippen LogP contribution in [-0.2, 0) is 0 Å². The van der Waals surface area contributed by atoms with Crippen molar-refractivity contribution < 1.29 is 10.6 Å². The van der Waals surface area contributed by atoms with Gasteiger partial charge in [0.2, 0.25) is 0 Å². The van der Waals surface area contributed by atoms with Gasteiger partial charge in [0.25, 0.3) is 0 Å². The van der Waals surface area contributed by atoms with Crippen LogP contribution in [0.3, 0.4) is 0 Å². The number of para-hydroxylation sites is 2. The number of H-pyrrole nitrogens is 1. The maximum Gasteiger partial charge on any atom is 0.115 e. The first-order valence-corrected chi connectivity index (χ1v) is 4.86. The zero-order valence-electron chi connectivity index (χ0n) is 9.04. The Morgan fingerprint density at radius 1 is 0.882 bits per heavy atom. The molecule has 0 unspecified atom stereocenters. The van der Waals surface area contributed by atoms with E-state index in [9.17, 15) is 0 Å². The second kappa shape index (κ2) is 6.24.